The smallest absolute Gasteiger partial charge is 0.241 e. The molecule has 0 atom stereocenters. The Morgan fingerprint density at radius 3 is 2.17 bits per heavy atom. The van der Waals surface area contributed by atoms with E-state index in [0.29, 0.717) is 37.5 Å². The summed E-state index contributed by atoms with van der Waals surface area (Å²) in [5.41, 5.74) is -0.740. The van der Waals surface area contributed by atoms with Crippen molar-refractivity contribution < 1.29 is 13.5 Å². The van der Waals surface area contributed by atoms with Crippen LogP contribution in [0.15, 0.2) is 34.2 Å². The Hall–Kier alpha value is -1.64. The fourth-order valence-corrected chi connectivity index (χ4v) is 4.99. The average Bonchev–Trinajstić information content (AvgIpc) is 2.63. The zero-order valence-electron chi connectivity index (χ0n) is 19.4. The minimum Gasteiger partial charge on any atom is -0.388 e. The molecule has 0 bridgehead atoms. The van der Waals surface area contributed by atoms with Gasteiger partial charge in [-0.15, -0.1) is 0 Å². The van der Waals surface area contributed by atoms with Crippen molar-refractivity contribution in [3.63, 3.8) is 0 Å². The van der Waals surface area contributed by atoms with Crippen molar-refractivity contribution in [3.8, 4) is 0 Å². The highest BCUT2D eigenvalue weighted by Gasteiger charge is 2.26. The summed E-state index contributed by atoms with van der Waals surface area (Å²) in [4.78, 5) is 4.80. The van der Waals surface area contributed by atoms with Crippen LogP contribution in [0.25, 0.3) is 0 Å². The first-order valence-corrected chi connectivity index (χ1v) is 12.3. The Kier molecular flexibility index (Phi) is 10.3. The van der Waals surface area contributed by atoms with Crippen molar-refractivity contribution in [1.82, 2.24) is 15.4 Å². The van der Waals surface area contributed by atoms with Crippen LogP contribution in [0.1, 0.15) is 72.8 Å². The number of aliphatic imine (C=N–C) groups is 1. The van der Waals surface area contributed by atoms with Crippen LogP contribution in [-0.4, -0.2) is 43.7 Å². The molecule has 0 aliphatic rings. The van der Waals surface area contributed by atoms with E-state index in [9.17, 15) is 13.5 Å². The summed E-state index contributed by atoms with van der Waals surface area (Å²) < 4.78 is 28.3. The van der Waals surface area contributed by atoms with Gasteiger partial charge < -0.3 is 15.7 Å². The lowest BCUT2D eigenvalue weighted by atomic mass is 9.93. The number of hydrogen-bond donors (Lipinski definition) is 4. The van der Waals surface area contributed by atoms with Crippen molar-refractivity contribution in [3.05, 3.63) is 29.8 Å². The van der Waals surface area contributed by atoms with Crippen molar-refractivity contribution in [1.29, 1.82) is 0 Å². The number of benzene rings is 1. The molecule has 1 aromatic rings. The van der Waals surface area contributed by atoms with Crippen LogP contribution in [-0.2, 0) is 16.6 Å². The van der Waals surface area contributed by atoms with Gasteiger partial charge in [0.25, 0.3) is 0 Å². The molecule has 8 heteroatoms. The molecule has 30 heavy (non-hydrogen) atoms. The lowest BCUT2D eigenvalue weighted by molar-refractivity contribution is 0.0257. The van der Waals surface area contributed by atoms with E-state index in [1.165, 1.54) is 0 Å². The summed E-state index contributed by atoms with van der Waals surface area (Å²) in [5.74, 6) is 0.555. The zero-order chi connectivity index (χ0) is 22.8. The van der Waals surface area contributed by atoms with Crippen LogP contribution in [0.3, 0.4) is 0 Å². The summed E-state index contributed by atoms with van der Waals surface area (Å²) in [6.45, 7) is 12.8. The molecule has 0 aliphatic heterocycles. The minimum absolute atomic E-state index is 0.205. The maximum Gasteiger partial charge on any atom is 0.241 e. The van der Waals surface area contributed by atoms with E-state index < -0.39 is 21.2 Å². The van der Waals surface area contributed by atoms with Crippen molar-refractivity contribution >= 4 is 16.0 Å². The molecule has 0 unspecified atom stereocenters. The van der Waals surface area contributed by atoms with Crippen LogP contribution >= 0.6 is 0 Å². The summed E-state index contributed by atoms with van der Waals surface area (Å²) in [5, 5.41) is 17.2. The summed E-state index contributed by atoms with van der Waals surface area (Å²) in [6.07, 6.45) is 3.23. The molecular weight excluding hydrogens is 400 g/mol. The second-order valence-corrected chi connectivity index (χ2v) is 10.4. The Balaban J connectivity index is 3.04. The predicted molar refractivity (Wildman–Crippen MR) is 124 cm³/mol. The molecule has 0 saturated heterocycles. The standard InChI is InChI=1S/C22H40N4O3S/c1-7-14-22(27,15-8-2)17-25-20(23-9-3)24-16-18-12-10-11-13-19(18)30(28,29)26-21(4,5)6/h10-13,26-27H,7-9,14-17H2,1-6H3,(H2,23,24,25). The second kappa shape index (κ2) is 11.7. The number of sulfonamides is 1. The number of nitrogens with one attached hydrogen (secondary N) is 3. The number of rotatable bonds is 11. The molecule has 172 valence electrons. The number of guanidine groups is 1. The van der Waals surface area contributed by atoms with Crippen LogP contribution in [0, 0.1) is 0 Å². The Morgan fingerprint density at radius 1 is 1.03 bits per heavy atom. The Labute approximate surface area is 182 Å². The van der Waals surface area contributed by atoms with E-state index in [4.69, 9.17) is 0 Å². The van der Waals surface area contributed by atoms with E-state index >= 15 is 0 Å². The third kappa shape index (κ3) is 9.02. The first kappa shape index (κ1) is 26.4. The normalized spacial score (nSPS) is 13.4. The third-order valence-electron chi connectivity index (χ3n) is 4.47. The molecule has 0 spiro atoms. The molecular formula is C22H40N4O3S. The van der Waals surface area contributed by atoms with Gasteiger partial charge in [0.1, 0.15) is 0 Å². The number of nitrogens with zero attached hydrogens (tertiary/aromatic N) is 1. The van der Waals surface area contributed by atoms with E-state index in [-0.39, 0.29) is 11.4 Å². The van der Waals surface area contributed by atoms with Gasteiger partial charge in [-0.25, -0.2) is 18.1 Å². The molecule has 0 fully saturated rings. The highest BCUT2D eigenvalue weighted by molar-refractivity contribution is 7.89. The quantitative estimate of drug-likeness (QED) is 0.313. The lowest BCUT2D eigenvalue weighted by Gasteiger charge is -2.28. The lowest BCUT2D eigenvalue weighted by Crippen LogP contribution is -2.47. The molecule has 1 rings (SSSR count). The first-order chi connectivity index (χ1) is 14.0. The second-order valence-electron chi connectivity index (χ2n) is 8.74. The maximum atomic E-state index is 12.8. The molecule has 0 heterocycles. The SMILES string of the molecule is CCCC(O)(CCC)CNC(=NCc1ccccc1S(=O)(=O)NC(C)(C)C)NCC. The minimum atomic E-state index is -3.66. The Morgan fingerprint density at radius 2 is 1.63 bits per heavy atom. The topological polar surface area (TPSA) is 103 Å². The molecule has 7 nitrogen and oxygen atoms in total. The highest BCUT2D eigenvalue weighted by atomic mass is 32.2. The van der Waals surface area contributed by atoms with Crippen LogP contribution in [0.4, 0.5) is 0 Å². The molecule has 1 aromatic carbocycles. The van der Waals surface area contributed by atoms with Crippen LogP contribution < -0.4 is 15.4 Å². The molecule has 4 N–H and O–H groups in total. The van der Waals surface area contributed by atoms with E-state index in [1.54, 1.807) is 18.2 Å². The number of aliphatic hydroxyl groups is 1. The van der Waals surface area contributed by atoms with Gasteiger partial charge in [0, 0.05) is 18.6 Å². The molecule has 0 aromatic heterocycles. The van der Waals surface area contributed by atoms with E-state index in [2.05, 4.69) is 34.2 Å². The molecule has 0 aliphatic carbocycles. The maximum absolute atomic E-state index is 12.8. The Bertz CT molecular complexity index is 780. The van der Waals surface area contributed by atoms with E-state index in [0.717, 1.165) is 12.8 Å². The molecule has 0 amide bonds. The number of hydrogen-bond acceptors (Lipinski definition) is 4. The fourth-order valence-electron chi connectivity index (χ4n) is 3.34. The van der Waals surface area contributed by atoms with Gasteiger partial charge in [0.15, 0.2) is 5.96 Å². The zero-order valence-corrected chi connectivity index (χ0v) is 20.2. The largest absolute Gasteiger partial charge is 0.388 e. The summed E-state index contributed by atoms with van der Waals surface area (Å²) in [7, 11) is -3.66. The molecule has 0 saturated carbocycles. The van der Waals surface area contributed by atoms with Gasteiger partial charge in [-0.1, -0.05) is 44.9 Å². The monoisotopic (exact) mass is 440 g/mol. The highest BCUT2D eigenvalue weighted by Crippen LogP contribution is 2.20. The van der Waals surface area contributed by atoms with Gasteiger partial charge in [-0.3, -0.25) is 0 Å². The van der Waals surface area contributed by atoms with Gasteiger partial charge in [-0.2, -0.15) is 0 Å². The van der Waals surface area contributed by atoms with Gasteiger partial charge in [0.2, 0.25) is 10.0 Å². The van der Waals surface area contributed by atoms with Gasteiger partial charge in [-0.05, 0) is 52.2 Å². The average molecular weight is 441 g/mol. The van der Waals surface area contributed by atoms with Crippen molar-refractivity contribution in [2.45, 2.75) is 89.8 Å². The van der Waals surface area contributed by atoms with Crippen LogP contribution in [0.2, 0.25) is 0 Å². The summed E-state index contributed by atoms with van der Waals surface area (Å²) in [6, 6.07) is 6.89. The predicted octanol–water partition coefficient (Wildman–Crippen LogP) is 3.15. The third-order valence-corrected chi connectivity index (χ3v) is 6.33. The van der Waals surface area contributed by atoms with Crippen LogP contribution in [0.5, 0.6) is 0 Å². The van der Waals surface area contributed by atoms with Crippen molar-refractivity contribution in [2.24, 2.45) is 4.99 Å². The summed E-state index contributed by atoms with van der Waals surface area (Å²) >= 11 is 0. The fraction of sp³-hybridized carbons (Fsp3) is 0.682. The van der Waals surface area contributed by atoms with Gasteiger partial charge >= 0.3 is 0 Å². The van der Waals surface area contributed by atoms with E-state index in [1.807, 2.05) is 33.8 Å². The molecule has 0 radical (unpaired) electrons. The first-order valence-electron chi connectivity index (χ1n) is 10.8. The van der Waals surface area contributed by atoms with Gasteiger partial charge in [0.05, 0.1) is 17.0 Å². The van der Waals surface area contributed by atoms with Crippen molar-refractivity contribution in [2.75, 3.05) is 13.1 Å².